The van der Waals surface area contributed by atoms with Gasteiger partial charge in [-0.3, -0.25) is 4.57 Å². The topological polar surface area (TPSA) is 76.9 Å². The lowest BCUT2D eigenvalue weighted by molar-refractivity contribution is 0.579. The molecule has 188 valence electrons. The third-order valence-corrected chi connectivity index (χ3v) is 8.55. The largest absolute Gasteiger partial charge is 0.273 e. The molecule has 0 radical (unpaired) electrons. The van der Waals surface area contributed by atoms with E-state index < -0.39 is 10.0 Å². The normalized spacial score (nSPS) is 11.8. The minimum atomic E-state index is -3.85. The molecule has 0 aliphatic heterocycles. The molecule has 4 aromatic carbocycles. The molecule has 0 bridgehead atoms. The molecule has 5 aromatic rings. The number of hydrogen-bond acceptors (Lipinski definition) is 5. The van der Waals surface area contributed by atoms with Crippen LogP contribution < -0.4 is 4.72 Å². The predicted octanol–water partition coefficient (Wildman–Crippen LogP) is 6.29. The van der Waals surface area contributed by atoms with E-state index >= 15 is 0 Å². The number of nitrogens with one attached hydrogen (secondary N) is 1. The monoisotopic (exact) mass is 552 g/mol. The van der Waals surface area contributed by atoms with Crippen molar-refractivity contribution in [2.75, 3.05) is 0 Å². The third kappa shape index (κ3) is 5.55. The summed E-state index contributed by atoms with van der Waals surface area (Å²) >= 11 is 7.72. The molecular weight excluding hydrogens is 531 g/mol. The van der Waals surface area contributed by atoms with Crippen LogP contribution in [0.4, 0.5) is 4.39 Å². The van der Waals surface area contributed by atoms with Crippen LogP contribution in [0.1, 0.15) is 17.0 Å². The van der Waals surface area contributed by atoms with E-state index in [1.54, 1.807) is 47.0 Å². The molecule has 1 N–H and O–H groups in total. The van der Waals surface area contributed by atoms with Crippen molar-refractivity contribution in [2.24, 2.45) is 0 Å². The highest BCUT2D eigenvalue weighted by atomic mass is 35.5. The fourth-order valence-electron chi connectivity index (χ4n) is 3.97. The molecule has 0 saturated carbocycles. The molecule has 1 heterocycles. The van der Waals surface area contributed by atoms with Crippen LogP contribution in [0.2, 0.25) is 5.02 Å². The highest BCUT2D eigenvalue weighted by Crippen LogP contribution is 2.29. The average Bonchev–Trinajstić information content (AvgIpc) is 3.31. The Balaban J connectivity index is 1.47. The van der Waals surface area contributed by atoms with Gasteiger partial charge in [-0.05, 0) is 53.8 Å². The van der Waals surface area contributed by atoms with Crippen molar-refractivity contribution >= 4 is 44.2 Å². The zero-order valence-electron chi connectivity index (χ0n) is 19.7. The fourth-order valence-corrected chi connectivity index (χ4v) is 6.26. The Morgan fingerprint density at radius 3 is 2.54 bits per heavy atom. The predicted molar refractivity (Wildman–Crippen MR) is 145 cm³/mol. The summed E-state index contributed by atoms with van der Waals surface area (Å²) in [5, 5.41) is 11.2. The Bertz CT molecular complexity index is 1680. The number of hydrogen-bond donors (Lipinski definition) is 1. The first-order valence-electron chi connectivity index (χ1n) is 11.4. The molecular formula is C27H22ClFN4O2S2. The molecule has 37 heavy (non-hydrogen) atoms. The van der Waals surface area contributed by atoms with Crippen LogP contribution in [0.25, 0.3) is 16.5 Å². The van der Waals surface area contributed by atoms with Gasteiger partial charge in [0.05, 0.1) is 17.1 Å². The standard InChI is InChI=1S/C27H22ClFN4O2S2/c1-18-9-12-21(28)15-24(18)33-26(31-32-27(33)36-17-19-10-13-22(29)14-11-19)16-30-37(34,35)25-8-4-6-20-5-2-3-7-23(20)25/h2-15,30H,16-17H2,1H3. The Labute approximate surface area is 223 Å². The van der Waals surface area contributed by atoms with Gasteiger partial charge in [-0.15, -0.1) is 10.2 Å². The minimum Gasteiger partial charge on any atom is -0.273 e. The number of aromatic nitrogens is 3. The summed E-state index contributed by atoms with van der Waals surface area (Å²) < 4.78 is 44.4. The molecule has 10 heteroatoms. The molecule has 1 aromatic heterocycles. The smallest absolute Gasteiger partial charge is 0.241 e. The summed E-state index contributed by atoms with van der Waals surface area (Å²) in [5.74, 6) is 0.641. The summed E-state index contributed by atoms with van der Waals surface area (Å²) in [6, 6.07) is 24.2. The van der Waals surface area contributed by atoms with Crippen molar-refractivity contribution in [3.05, 3.63) is 113 Å². The van der Waals surface area contributed by atoms with E-state index in [-0.39, 0.29) is 17.3 Å². The van der Waals surface area contributed by atoms with Gasteiger partial charge < -0.3 is 0 Å². The van der Waals surface area contributed by atoms with Crippen LogP contribution in [-0.4, -0.2) is 23.2 Å². The summed E-state index contributed by atoms with van der Waals surface area (Å²) in [6.45, 7) is 1.85. The van der Waals surface area contributed by atoms with Crippen molar-refractivity contribution in [1.82, 2.24) is 19.5 Å². The van der Waals surface area contributed by atoms with Crippen LogP contribution in [0.15, 0.2) is 95.0 Å². The van der Waals surface area contributed by atoms with Gasteiger partial charge in [0.15, 0.2) is 11.0 Å². The van der Waals surface area contributed by atoms with Gasteiger partial charge in [-0.25, -0.2) is 17.5 Å². The van der Waals surface area contributed by atoms with Gasteiger partial charge in [0.1, 0.15) is 5.82 Å². The van der Waals surface area contributed by atoms with Crippen molar-refractivity contribution in [3.63, 3.8) is 0 Å². The van der Waals surface area contributed by atoms with Gasteiger partial charge in [0.25, 0.3) is 0 Å². The summed E-state index contributed by atoms with van der Waals surface area (Å²) in [6.07, 6.45) is 0. The molecule has 0 aliphatic carbocycles. The second-order valence-corrected chi connectivity index (χ2v) is 11.5. The molecule has 0 fully saturated rings. The molecule has 0 aliphatic rings. The molecule has 0 saturated heterocycles. The molecule has 5 rings (SSSR count). The van der Waals surface area contributed by atoms with Gasteiger partial charge in [0, 0.05) is 16.2 Å². The first kappa shape index (κ1) is 25.4. The van der Waals surface area contributed by atoms with E-state index in [1.807, 2.05) is 37.3 Å². The number of rotatable bonds is 8. The molecule has 0 atom stereocenters. The van der Waals surface area contributed by atoms with Crippen molar-refractivity contribution in [3.8, 4) is 5.69 Å². The number of sulfonamides is 1. The van der Waals surface area contributed by atoms with E-state index in [9.17, 15) is 12.8 Å². The van der Waals surface area contributed by atoms with Crippen LogP contribution in [-0.2, 0) is 22.3 Å². The minimum absolute atomic E-state index is 0.0817. The quantitative estimate of drug-likeness (QED) is 0.229. The van der Waals surface area contributed by atoms with Crippen molar-refractivity contribution in [1.29, 1.82) is 0 Å². The first-order chi connectivity index (χ1) is 17.8. The number of halogens is 2. The van der Waals surface area contributed by atoms with Crippen molar-refractivity contribution < 1.29 is 12.8 Å². The van der Waals surface area contributed by atoms with Crippen LogP contribution >= 0.6 is 23.4 Å². The third-order valence-electron chi connectivity index (χ3n) is 5.85. The molecule has 6 nitrogen and oxygen atoms in total. The number of aryl methyl sites for hydroxylation is 1. The SMILES string of the molecule is Cc1ccc(Cl)cc1-n1c(CNS(=O)(=O)c2cccc3ccccc23)nnc1SCc1ccc(F)cc1. The lowest BCUT2D eigenvalue weighted by atomic mass is 10.1. The Morgan fingerprint density at radius 1 is 0.973 bits per heavy atom. The summed E-state index contributed by atoms with van der Waals surface area (Å²) in [7, 11) is -3.85. The highest BCUT2D eigenvalue weighted by Gasteiger charge is 2.21. The molecule has 0 spiro atoms. The summed E-state index contributed by atoms with van der Waals surface area (Å²) in [4.78, 5) is 0.196. The van der Waals surface area contributed by atoms with E-state index in [4.69, 9.17) is 11.6 Å². The maximum absolute atomic E-state index is 13.3. The van der Waals surface area contributed by atoms with Gasteiger partial charge >= 0.3 is 0 Å². The van der Waals surface area contributed by atoms with Gasteiger partial charge in [-0.2, -0.15) is 0 Å². The Hall–Kier alpha value is -3.24. The van der Waals surface area contributed by atoms with E-state index in [0.29, 0.717) is 27.1 Å². The maximum atomic E-state index is 13.3. The number of fused-ring (bicyclic) bond motifs is 1. The van der Waals surface area contributed by atoms with Crippen LogP contribution in [0.5, 0.6) is 0 Å². The molecule has 0 amide bonds. The first-order valence-corrected chi connectivity index (χ1v) is 14.2. The molecule has 0 unspecified atom stereocenters. The highest BCUT2D eigenvalue weighted by molar-refractivity contribution is 7.98. The zero-order chi connectivity index (χ0) is 26.0. The van der Waals surface area contributed by atoms with Crippen molar-refractivity contribution in [2.45, 2.75) is 29.3 Å². The number of nitrogens with zero attached hydrogens (tertiary/aromatic N) is 3. The van der Waals surface area contributed by atoms with E-state index in [1.165, 1.54) is 23.9 Å². The number of benzene rings is 4. The second kappa shape index (κ2) is 10.6. The second-order valence-electron chi connectivity index (χ2n) is 8.38. The Morgan fingerprint density at radius 2 is 1.73 bits per heavy atom. The lowest BCUT2D eigenvalue weighted by Crippen LogP contribution is -2.25. The van der Waals surface area contributed by atoms with Gasteiger partial charge in [0.2, 0.25) is 10.0 Å². The summed E-state index contributed by atoms with van der Waals surface area (Å²) in [5.41, 5.74) is 2.59. The zero-order valence-corrected chi connectivity index (χ0v) is 22.1. The van der Waals surface area contributed by atoms with Crippen LogP contribution in [0, 0.1) is 12.7 Å². The average molecular weight is 553 g/mol. The van der Waals surface area contributed by atoms with Crippen LogP contribution in [0.3, 0.4) is 0 Å². The Kier molecular flexibility index (Phi) is 7.30. The van der Waals surface area contributed by atoms with Gasteiger partial charge in [-0.1, -0.05) is 78.0 Å². The maximum Gasteiger partial charge on any atom is 0.241 e. The van der Waals surface area contributed by atoms with E-state index in [2.05, 4.69) is 14.9 Å². The fraction of sp³-hybridized carbons (Fsp3) is 0.111. The number of thioether (sulfide) groups is 1. The van der Waals surface area contributed by atoms with E-state index in [0.717, 1.165) is 22.2 Å². The lowest BCUT2D eigenvalue weighted by Gasteiger charge is -2.14.